The number of amides is 1. The van der Waals surface area contributed by atoms with Crippen molar-refractivity contribution in [3.05, 3.63) is 16.1 Å². The van der Waals surface area contributed by atoms with E-state index >= 15 is 0 Å². The number of rotatable bonds is 3. The highest BCUT2D eigenvalue weighted by Gasteiger charge is 2.31. The van der Waals surface area contributed by atoms with E-state index in [4.69, 9.17) is 33.7 Å². The highest BCUT2D eigenvalue weighted by Crippen LogP contribution is 2.47. The van der Waals surface area contributed by atoms with Crippen LogP contribution in [0.15, 0.2) is 14.8 Å². The van der Waals surface area contributed by atoms with Gasteiger partial charge in [-0.15, -0.1) is 0 Å². The Balaban J connectivity index is 1.82. The van der Waals surface area contributed by atoms with Crippen LogP contribution in [0, 0.1) is 0 Å². The standard InChI is InChI=1S/C12H12Cl2N4O2S/c13-6-3-7(14)10-11(18-21-17-10)9(6)16-12(19)8-2-1-5(4-15)20-8/h3,5,8H,1-2,4,15H2,(H,16,19). The zero-order valence-electron chi connectivity index (χ0n) is 10.8. The number of halogens is 2. The minimum Gasteiger partial charge on any atom is -0.364 e. The normalized spacial score (nSPS) is 23.0. The molecule has 1 saturated heterocycles. The van der Waals surface area contributed by atoms with Gasteiger partial charge in [0.15, 0.2) is 0 Å². The molecule has 2 aliphatic heterocycles. The van der Waals surface area contributed by atoms with Gasteiger partial charge in [0.1, 0.15) is 17.5 Å². The van der Waals surface area contributed by atoms with Crippen molar-refractivity contribution in [1.82, 2.24) is 0 Å². The number of ether oxygens (including phenoxy) is 1. The molecular formula is C12H12Cl2N4O2S. The van der Waals surface area contributed by atoms with Crippen LogP contribution in [0.1, 0.15) is 12.8 Å². The lowest BCUT2D eigenvalue weighted by Gasteiger charge is -2.15. The minimum absolute atomic E-state index is 0.0672. The van der Waals surface area contributed by atoms with Crippen molar-refractivity contribution in [3.8, 4) is 0 Å². The second-order valence-corrected chi connectivity index (χ2v) is 6.07. The van der Waals surface area contributed by atoms with Crippen LogP contribution in [0.25, 0.3) is 0 Å². The summed E-state index contributed by atoms with van der Waals surface area (Å²) in [5.41, 5.74) is 6.96. The predicted molar refractivity (Wildman–Crippen MR) is 83.6 cm³/mol. The molecule has 6 nitrogen and oxygen atoms in total. The molecule has 0 saturated carbocycles. The molecule has 3 rings (SSSR count). The number of hydrogen-bond acceptors (Lipinski definition) is 5. The van der Waals surface area contributed by atoms with E-state index in [1.165, 1.54) is 0 Å². The van der Waals surface area contributed by atoms with Crippen LogP contribution >= 0.6 is 23.2 Å². The Kier molecular flexibility index (Phi) is 4.28. The van der Waals surface area contributed by atoms with E-state index in [2.05, 4.69) is 14.0 Å². The molecule has 2 aliphatic rings. The first-order chi connectivity index (χ1) is 10.1. The summed E-state index contributed by atoms with van der Waals surface area (Å²) < 4.78 is 13.8. The van der Waals surface area contributed by atoms with Crippen LogP contribution in [0.2, 0.25) is 10.0 Å². The first-order valence-electron chi connectivity index (χ1n) is 6.36. The third-order valence-corrected chi connectivity index (χ3v) is 4.47. The summed E-state index contributed by atoms with van der Waals surface area (Å²) in [6.07, 6.45) is 0.822. The Hall–Kier alpha value is -0.990. The number of carbonyl (C=O) groups excluding carboxylic acids is 1. The molecule has 0 spiro atoms. The number of nitrogens with two attached hydrogens (primary N) is 1. The van der Waals surface area contributed by atoms with E-state index in [1.807, 2.05) is 0 Å². The Morgan fingerprint density at radius 2 is 2.14 bits per heavy atom. The Bertz CT molecular complexity index is 676. The third kappa shape index (κ3) is 2.84. The number of nitrogens with zero attached hydrogens (tertiary/aromatic N) is 2. The van der Waals surface area contributed by atoms with Gasteiger partial charge in [-0.05, 0) is 18.9 Å². The van der Waals surface area contributed by atoms with E-state index in [1.54, 1.807) is 6.07 Å². The highest BCUT2D eigenvalue weighted by molar-refractivity contribution is 7.58. The maximum absolute atomic E-state index is 12.3. The van der Waals surface area contributed by atoms with Crippen LogP contribution < -0.4 is 11.1 Å². The summed E-state index contributed by atoms with van der Waals surface area (Å²) in [6.45, 7) is 0.408. The summed E-state index contributed by atoms with van der Waals surface area (Å²) in [5, 5.41) is 3.49. The van der Waals surface area contributed by atoms with Gasteiger partial charge in [0.25, 0.3) is 5.91 Å². The Morgan fingerprint density at radius 1 is 1.38 bits per heavy atom. The fourth-order valence-corrected chi connectivity index (χ4v) is 3.43. The van der Waals surface area contributed by atoms with E-state index < -0.39 is 6.10 Å². The van der Waals surface area contributed by atoms with Gasteiger partial charge in [0.05, 0.1) is 33.2 Å². The average Bonchev–Trinajstić information content (AvgIpc) is 3.11. The van der Waals surface area contributed by atoms with Crippen molar-refractivity contribution in [2.75, 3.05) is 11.9 Å². The summed E-state index contributed by atoms with van der Waals surface area (Å²) in [7, 11) is 0. The van der Waals surface area contributed by atoms with Gasteiger partial charge in [0.2, 0.25) is 0 Å². The van der Waals surface area contributed by atoms with Crippen LogP contribution in [0.5, 0.6) is 0 Å². The van der Waals surface area contributed by atoms with Gasteiger partial charge in [0, 0.05) is 6.54 Å². The van der Waals surface area contributed by atoms with Crippen LogP contribution in [0.4, 0.5) is 17.1 Å². The molecule has 1 fully saturated rings. The molecule has 2 unspecified atom stereocenters. The summed E-state index contributed by atoms with van der Waals surface area (Å²) >= 11 is 13.2. The monoisotopic (exact) mass is 346 g/mol. The topological polar surface area (TPSA) is 89.1 Å². The van der Waals surface area contributed by atoms with Gasteiger partial charge in [-0.1, -0.05) is 23.2 Å². The minimum atomic E-state index is -0.521. The summed E-state index contributed by atoms with van der Waals surface area (Å²) in [5.74, 6) is -0.260. The van der Waals surface area contributed by atoms with Crippen molar-refractivity contribution in [2.24, 2.45) is 14.5 Å². The summed E-state index contributed by atoms with van der Waals surface area (Å²) in [4.78, 5) is 12.3. The van der Waals surface area contributed by atoms with Crippen molar-refractivity contribution in [1.29, 1.82) is 0 Å². The van der Waals surface area contributed by atoms with Gasteiger partial charge in [-0.25, -0.2) is 0 Å². The molecule has 2 heterocycles. The van der Waals surface area contributed by atoms with E-state index in [0.29, 0.717) is 40.1 Å². The van der Waals surface area contributed by atoms with Crippen LogP contribution in [0.3, 0.4) is 0 Å². The Labute approximate surface area is 134 Å². The second-order valence-electron chi connectivity index (χ2n) is 4.73. The first-order valence-corrected chi connectivity index (χ1v) is 7.85. The van der Waals surface area contributed by atoms with Crippen LogP contribution in [-0.4, -0.2) is 24.7 Å². The fraction of sp³-hybridized carbons (Fsp3) is 0.417. The number of anilines is 1. The summed E-state index contributed by atoms with van der Waals surface area (Å²) in [6, 6.07) is 1.54. The third-order valence-electron chi connectivity index (χ3n) is 3.35. The SMILES string of the molecule is NCC1CCC(C(=O)Nc2c(Cl)cc(Cl)c3c2N=S=N3)O1. The van der Waals surface area contributed by atoms with E-state index in [0.717, 1.165) is 17.8 Å². The molecule has 0 aliphatic carbocycles. The smallest absolute Gasteiger partial charge is 0.253 e. The van der Waals surface area contributed by atoms with Crippen LogP contribution in [-0.2, 0) is 20.9 Å². The van der Waals surface area contributed by atoms with Gasteiger partial charge in [-0.3, -0.25) is 4.79 Å². The predicted octanol–water partition coefficient (Wildman–Crippen LogP) is 3.16. The molecule has 1 aromatic carbocycles. The number of nitrogens with one attached hydrogen (secondary N) is 1. The first kappa shape index (κ1) is 14.9. The quantitative estimate of drug-likeness (QED) is 0.894. The van der Waals surface area contributed by atoms with Gasteiger partial charge < -0.3 is 15.8 Å². The highest BCUT2D eigenvalue weighted by atomic mass is 35.5. The van der Waals surface area contributed by atoms with Crippen molar-refractivity contribution < 1.29 is 9.53 Å². The number of hydrogen-bond donors (Lipinski definition) is 2. The largest absolute Gasteiger partial charge is 0.364 e. The lowest BCUT2D eigenvalue weighted by molar-refractivity contribution is -0.126. The number of fused-ring (bicyclic) bond motifs is 1. The molecule has 2 atom stereocenters. The maximum atomic E-state index is 12.3. The molecule has 112 valence electrons. The van der Waals surface area contributed by atoms with Crippen molar-refractivity contribution in [3.63, 3.8) is 0 Å². The maximum Gasteiger partial charge on any atom is 0.253 e. The van der Waals surface area contributed by atoms with Gasteiger partial charge in [-0.2, -0.15) is 8.73 Å². The molecule has 0 aromatic heterocycles. The van der Waals surface area contributed by atoms with Crippen molar-refractivity contribution >= 4 is 57.5 Å². The zero-order valence-corrected chi connectivity index (χ0v) is 13.1. The molecule has 21 heavy (non-hydrogen) atoms. The van der Waals surface area contributed by atoms with E-state index in [9.17, 15) is 4.79 Å². The molecule has 0 radical (unpaired) electrons. The lowest BCUT2D eigenvalue weighted by atomic mass is 10.1. The zero-order chi connectivity index (χ0) is 15.0. The average molecular weight is 347 g/mol. The van der Waals surface area contributed by atoms with E-state index in [-0.39, 0.29) is 12.0 Å². The molecule has 3 N–H and O–H groups in total. The number of benzene rings is 1. The van der Waals surface area contributed by atoms with Gasteiger partial charge >= 0.3 is 0 Å². The number of carbonyl (C=O) groups is 1. The lowest BCUT2D eigenvalue weighted by Crippen LogP contribution is -2.29. The molecule has 9 heteroatoms. The van der Waals surface area contributed by atoms with Crippen molar-refractivity contribution in [2.45, 2.75) is 25.0 Å². The molecular weight excluding hydrogens is 335 g/mol. The Morgan fingerprint density at radius 3 is 2.86 bits per heavy atom. The second kappa shape index (κ2) is 6.02. The molecule has 0 bridgehead atoms. The molecule has 1 aromatic rings. The fourth-order valence-electron chi connectivity index (χ4n) is 2.27. The molecule has 1 amide bonds.